The van der Waals surface area contributed by atoms with Crippen molar-refractivity contribution >= 4 is 0 Å². The Balaban J connectivity index is 2.06. The van der Waals surface area contributed by atoms with Crippen molar-refractivity contribution in [2.75, 3.05) is 19.8 Å². The molecule has 96 valence electrons. The van der Waals surface area contributed by atoms with Crippen LogP contribution in [-0.4, -0.2) is 38.0 Å². The minimum Gasteiger partial charge on any atom is -0.376 e. The summed E-state index contributed by atoms with van der Waals surface area (Å²) in [6.45, 7) is 10.9. The Hall–Kier alpha value is -0.120. The van der Waals surface area contributed by atoms with E-state index < -0.39 is 0 Å². The van der Waals surface area contributed by atoms with Crippen LogP contribution in [-0.2, 0) is 9.47 Å². The highest BCUT2D eigenvalue weighted by Gasteiger charge is 2.23. The van der Waals surface area contributed by atoms with Crippen LogP contribution in [0.3, 0.4) is 0 Å². The van der Waals surface area contributed by atoms with Gasteiger partial charge in [-0.3, -0.25) is 0 Å². The number of rotatable bonds is 9. The first-order valence-electron chi connectivity index (χ1n) is 6.56. The van der Waals surface area contributed by atoms with Crippen molar-refractivity contribution in [3.63, 3.8) is 0 Å². The summed E-state index contributed by atoms with van der Waals surface area (Å²) in [5, 5.41) is 3.52. The molecule has 0 aromatic heterocycles. The number of hydrogen-bond donors (Lipinski definition) is 1. The lowest BCUT2D eigenvalue weighted by Crippen LogP contribution is -2.35. The second-order valence-electron chi connectivity index (χ2n) is 5.26. The SMILES string of the molecule is CC(C)OCCOC(CNC1CC1)C(C)C. The van der Waals surface area contributed by atoms with Crippen molar-refractivity contribution < 1.29 is 9.47 Å². The van der Waals surface area contributed by atoms with Crippen molar-refractivity contribution in [1.29, 1.82) is 0 Å². The summed E-state index contributed by atoms with van der Waals surface area (Å²) in [7, 11) is 0. The van der Waals surface area contributed by atoms with Crippen molar-refractivity contribution in [2.24, 2.45) is 5.92 Å². The molecule has 1 unspecified atom stereocenters. The van der Waals surface area contributed by atoms with Crippen molar-refractivity contribution in [1.82, 2.24) is 5.32 Å². The summed E-state index contributed by atoms with van der Waals surface area (Å²) in [5.74, 6) is 0.560. The van der Waals surface area contributed by atoms with Crippen LogP contribution in [0.25, 0.3) is 0 Å². The monoisotopic (exact) mass is 229 g/mol. The second-order valence-corrected chi connectivity index (χ2v) is 5.26. The Morgan fingerprint density at radius 3 is 2.19 bits per heavy atom. The molecule has 1 N–H and O–H groups in total. The zero-order valence-electron chi connectivity index (χ0n) is 11.2. The highest BCUT2D eigenvalue weighted by Crippen LogP contribution is 2.19. The molecular weight excluding hydrogens is 202 g/mol. The predicted molar refractivity (Wildman–Crippen MR) is 66.7 cm³/mol. The standard InChI is InChI=1S/C13H27NO2/c1-10(2)13(9-14-12-5-6-12)16-8-7-15-11(3)4/h10-14H,5-9H2,1-4H3. The van der Waals surface area contributed by atoms with Gasteiger partial charge in [0.25, 0.3) is 0 Å². The maximum atomic E-state index is 5.84. The molecule has 1 aliphatic carbocycles. The lowest BCUT2D eigenvalue weighted by atomic mass is 10.1. The third kappa shape index (κ3) is 6.46. The molecule has 1 saturated carbocycles. The summed E-state index contributed by atoms with van der Waals surface area (Å²) >= 11 is 0. The molecule has 0 heterocycles. The zero-order valence-corrected chi connectivity index (χ0v) is 11.2. The molecule has 0 spiro atoms. The summed E-state index contributed by atoms with van der Waals surface area (Å²) in [5.41, 5.74) is 0. The minimum absolute atomic E-state index is 0.297. The summed E-state index contributed by atoms with van der Waals surface area (Å²) < 4.78 is 11.3. The average Bonchev–Trinajstić information content (AvgIpc) is 2.99. The molecule has 16 heavy (non-hydrogen) atoms. The van der Waals surface area contributed by atoms with E-state index in [-0.39, 0.29) is 0 Å². The van der Waals surface area contributed by atoms with Gasteiger partial charge in [-0.15, -0.1) is 0 Å². The zero-order chi connectivity index (χ0) is 12.0. The topological polar surface area (TPSA) is 30.5 Å². The first-order valence-corrected chi connectivity index (χ1v) is 6.56. The molecule has 0 radical (unpaired) electrons. The van der Waals surface area contributed by atoms with Gasteiger partial charge < -0.3 is 14.8 Å². The normalized spacial score (nSPS) is 18.4. The van der Waals surface area contributed by atoms with E-state index in [0.717, 1.165) is 12.6 Å². The van der Waals surface area contributed by atoms with Crippen molar-refractivity contribution in [2.45, 2.75) is 58.8 Å². The largest absolute Gasteiger partial charge is 0.376 e. The Labute approximate surface area is 99.9 Å². The molecule has 0 amide bonds. The Kier molecular flexibility index (Phi) is 6.32. The molecule has 3 heteroatoms. The predicted octanol–water partition coefficient (Wildman–Crippen LogP) is 2.20. The van der Waals surface area contributed by atoms with Gasteiger partial charge >= 0.3 is 0 Å². The lowest BCUT2D eigenvalue weighted by molar-refractivity contribution is -0.0273. The molecular formula is C13H27NO2. The fourth-order valence-corrected chi connectivity index (χ4v) is 1.54. The van der Waals surface area contributed by atoms with Crippen LogP contribution in [0.5, 0.6) is 0 Å². The Bertz CT molecular complexity index is 179. The first kappa shape index (κ1) is 13.9. The maximum Gasteiger partial charge on any atom is 0.0723 e. The molecule has 1 fully saturated rings. The van der Waals surface area contributed by atoms with Gasteiger partial charge in [-0.25, -0.2) is 0 Å². The van der Waals surface area contributed by atoms with Gasteiger partial charge in [0.1, 0.15) is 0 Å². The fourth-order valence-electron chi connectivity index (χ4n) is 1.54. The third-order valence-corrected chi connectivity index (χ3v) is 2.80. The molecule has 0 aromatic rings. The van der Waals surface area contributed by atoms with Crippen molar-refractivity contribution in [3.8, 4) is 0 Å². The molecule has 1 atom stereocenters. The number of hydrogen-bond acceptors (Lipinski definition) is 3. The number of ether oxygens (including phenoxy) is 2. The molecule has 1 aliphatic rings. The summed E-state index contributed by atoms with van der Waals surface area (Å²) in [6.07, 6.45) is 3.28. The Morgan fingerprint density at radius 2 is 1.69 bits per heavy atom. The van der Waals surface area contributed by atoms with Gasteiger partial charge in [0.05, 0.1) is 25.4 Å². The summed E-state index contributed by atoms with van der Waals surface area (Å²) in [4.78, 5) is 0. The van der Waals surface area contributed by atoms with Crippen LogP contribution in [0, 0.1) is 5.92 Å². The summed E-state index contributed by atoms with van der Waals surface area (Å²) in [6, 6.07) is 0.761. The maximum absolute atomic E-state index is 5.84. The van der Waals surface area contributed by atoms with Crippen LogP contribution in [0.1, 0.15) is 40.5 Å². The third-order valence-electron chi connectivity index (χ3n) is 2.80. The number of nitrogens with one attached hydrogen (secondary N) is 1. The average molecular weight is 229 g/mol. The van der Waals surface area contributed by atoms with E-state index in [1.54, 1.807) is 0 Å². The highest BCUT2D eigenvalue weighted by molar-refractivity contribution is 4.82. The van der Waals surface area contributed by atoms with Crippen molar-refractivity contribution in [3.05, 3.63) is 0 Å². The van der Waals surface area contributed by atoms with Gasteiger partial charge in [-0.05, 0) is 32.6 Å². The molecule has 3 nitrogen and oxygen atoms in total. The molecule has 0 aliphatic heterocycles. The quantitative estimate of drug-likeness (QED) is 0.615. The van der Waals surface area contributed by atoms with Crippen LogP contribution >= 0.6 is 0 Å². The molecule has 0 bridgehead atoms. The van der Waals surface area contributed by atoms with Crippen LogP contribution < -0.4 is 5.32 Å². The molecule has 1 rings (SSSR count). The van der Waals surface area contributed by atoms with Gasteiger partial charge in [0.2, 0.25) is 0 Å². The molecule has 0 aromatic carbocycles. The van der Waals surface area contributed by atoms with Crippen LogP contribution in [0.2, 0.25) is 0 Å². The first-order chi connectivity index (χ1) is 7.59. The van der Waals surface area contributed by atoms with Gasteiger partial charge in [0, 0.05) is 12.6 Å². The van der Waals surface area contributed by atoms with Crippen LogP contribution in [0.4, 0.5) is 0 Å². The van der Waals surface area contributed by atoms with E-state index >= 15 is 0 Å². The minimum atomic E-state index is 0.297. The molecule has 0 saturated heterocycles. The van der Waals surface area contributed by atoms with E-state index in [1.807, 2.05) is 0 Å². The Morgan fingerprint density at radius 1 is 1.06 bits per heavy atom. The van der Waals surface area contributed by atoms with Gasteiger partial charge in [-0.2, -0.15) is 0 Å². The van der Waals surface area contributed by atoms with Crippen LogP contribution in [0.15, 0.2) is 0 Å². The van der Waals surface area contributed by atoms with E-state index in [9.17, 15) is 0 Å². The van der Waals surface area contributed by atoms with E-state index in [0.29, 0.717) is 31.3 Å². The highest BCUT2D eigenvalue weighted by atomic mass is 16.5. The smallest absolute Gasteiger partial charge is 0.0723 e. The van der Waals surface area contributed by atoms with E-state index in [4.69, 9.17) is 9.47 Å². The van der Waals surface area contributed by atoms with E-state index in [2.05, 4.69) is 33.0 Å². The second kappa shape index (κ2) is 7.25. The fraction of sp³-hybridized carbons (Fsp3) is 1.00. The lowest BCUT2D eigenvalue weighted by Gasteiger charge is -2.22. The van der Waals surface area contributed by atoms with Gasteiger partial charge in [-0.1, -0.05) is 13.8 Å². The van der Waals surface area contributed by atoms with Gasteiger partial charge in [0.15, 0.2) is 0 Å². The van der Waals surface area contributed by atoms with E-state index in [1.165, 1.54) is 12.8 Å².